The molecule has 0 heterocycles. The Morgan fingerprint density at radius 1 is 1.45 bits per heavy atom. The summed E-state index contributed by atoms with van der Waals surface area (Å²) in [6.07, 6.45) is 2.11. The normalized spacial score (nSPS) is 14.9. The number of carbonyl (C=O) groups is 1. The summed E-state index contributed by atoms with van der Waals surface area (Å²) >= 11 is 0. The fraction of sp³-hybridized carbons (Fsp3) is 0.417. The van der Waals surface area contributed by atoms with E-state index in [0.717, 1.165) is 25.0 Å². The lowest BCUT2D eigenvalue weighted by Gasteiger charge is -2.08. The van der Waals surface area contributed by atoms with Crippen molar-refractivity contribution in [3.63, 3.8) is 0 Å². The first-order valence-electron chi connectivity index (χ1n) is 6.11. The summed E-state index contributed by atoms with van der Waals surface area (Å²) in [7, 11) is -3.94. The maximum absolute atomic E-state index is 13.6. The molecule has 0 unspecified atom stereocenters. The number of hydrogen-bond donors (Lipinski definition) is 2. The molecule has 1 aromatic rings. The van der Waals surface area contributed by atoms with Crippen molar-refractivity contribution >= 4 is 15.9 Å². The van der Waals surface area contributed by atoms with E-state index in [9.17, 15) is 17.6 Å². The molecule has 8 heteroatoms. The van der Waals surface area contributed by atoms with Gasteiger partial charge in [0.1, 0.15) is 0 Å². The third kappa shape index (κ3) is 4.17. The van der Waals surface area contributed by atoms with Gasteiger partial charge >= 0.3 is 0 Å². The Bertz CT molecular complexity index is 614. The lowest BCUT2D eigenvalue weighted by molar-refractivity contribution is -0.121. The van der Waals surface area contributed by atoms with Crippen molar-refractivity contribution < 1.29 is 22.3 Å². The molecule has 1 aliphatic rings. The number of ether oxygens (including phenoxy) is 1. The van der Waals surface area contributed by atoms with Gasteiger partial charge in [-0.05, 0) is 31.0 Å². The summed E-state index contributed by atoms with van der Waals surface area (Å²) in [6.45, 7) is 0.0181. The lowest BCUT2D eigenvalue weighted by Crippen LogP contribution is -2.26. The average molecular weight is 302 g/mol. The smallest absolute Gasteiger partial charge is 0.238 e. The van der Waals surface area contributed by atoms with Crippen LogP contribution in [0.2, 0.25) is 0 Å². The van der Waals surface area contributed by atoms with E-state index in [4.69, 9.17) is 9.88 Å². The monoisotopic (exact) mass is 302 g/mol. The number of nitrogens with one attached hydrogen (secondary N) is 1. The van der Waals surface area contributed by atoms with E-state index in [1.807, 2.05) is 0 Å². The molecule has 0 aliphatic heterocycles. The van der Waals surface area contributed by atoms with Crippen LogP contribution in [-0.2, 0) is 14.8 Å². The van der Waals surface area contributed by atoms with Gasteiger partial charge in [0, 0.05) is 6.04 Å². The number of amides is 1. The largest absolute Gasteiger partial charge is 0.490 e. The van der Waals surface area contributed by atoms with E-state index in [2.05, 4.69) is 5.32 Å². The van der Waals surface area contributed by atoms with E-state index in [0.29, 0.717) is 0 Å². The van der Waals surface area contributed by atoms with Gasteiger partial charge in [0.25, 0.3) is 0 Å². The SMILES string of the molecule is NS(=O)(=O)c1ccc(OCCC(=O)NC2CC2)c(F)c1. The van der Waals surface area contributed by atoms with E-state index in [-0.39, 0.29) is 35.6 Å². The minimum Gasteiger partial charge on any atom is -0.490 e. The first-order chi connectivity index (χ1) is 9.36. The van der Waals surface area contributed by atoms with Crippen molar-refractivity contribution in [2.24, 2.45) is 5.14 Å². The maximum Gasteiger partial charge on any atom is 0.238 e. The number of primary sulfonamides is 1. The Hall–Kier alpha value is -1.67. The van der Waals surface area contributed by atoms with Gasteiger partial charge in [-0.15, -0.1) is 0 Å². The number of hydrogen-bond acceptors (Lipinski definition) is 4. The fourth-order valence-corrected chi connectivity index (χ4v) is 2.08. The highest BCUT2D eigenvalue weighted by Gasteiger charge is 2.23. The second kappa shape index (κ2) is 5.76. The molecule has 0 saturated heterocycles. The fourth-order valence-electron chi connectivity index (χ4n) is 1.56. The Morgan fingerprint density at radius 2 is 2.15 bits per heavy atom. The van der Waals surface area contributed by atoms with Crippen LogP contribution in [0, 0.1) is 5.82 Å². The molecule has 0 aromatic heterocycles. The van der Waals surface area contributed by atoms with Gasteiger partial charge in [-0.25, -0.2) is 17.9 Å². The minimum absolute atomic E-state index is 0.0181. The molecule has 1 fully saturated rings. The molecule has 3 N–H and O–H groups in total. The van der Waals surface area contributed by atoms with Gasteiger partial charge in [0.2, 0.25) is 15.9 Å². The number of halogens is 1. The van der Waals surface area contributed by atoms with E-state index < -0.39 is 15.8 Å². The van der Waals surface area contributed by atoms with E-state index in [1.54, 1.807) is 0 Å². The van der Waals surface area contributed by atoms with Crippen molar-refractivity contribution in [3.05, 3.63) is 24.0 Å². The number of carbonyl (C=O) groups excluding carboxylic acids is 1. The molecule has 20 heavy (non-hydrogen) atoms. The third-order valence-electron chi connectivity index (χ3n) is 2.76. The summed E-state index contributed by atoms with van der Waals surface area (Å²) in [6, 6.07) is 3.38. The molecule has 110 valence electrons. The Kier molecular flexibility index (Phi) is 4.24. The third-order valence-corrected chi connectivity index (χ3v) is 3.67. The molecule has 1 aromatic carbocycles. The van der Waals surface area contributed by atoms with Crippen LogP contribution in [0.15, 0.2) is 23.1 Å². The van der Waals surface area contributed by atoms with Crippen LogP contribution >= 0.6 is 0 Å². The molecule has 1 saturated carbocycles. The summed E-state index contributed by atoms with van der Waals surface area (Å²) < 4.78 is 40.7. The van der Waals surface area contributed by atoms with Crippen molar-refractivity contribution in [1.82, 2.24) is 5.32 Å². The highest BCUT2D eigenvalue weighted by atomic mass is 32.2. The molecular formula is C12H15FN2O4S. The molecule has 0 bridgehead atoms. The molecule has 0 spiro atoms. The first-order valence-corrected chi connectivity index (χ1v) is 7.65. The molecule has 1 aliphatic carbocycles. The molecule has 0 radical (unpaired) electrons. The average Bonchev–Trinajstić information content (AvgIpc) is 3.13. The summed E-state index contributed by atoms with van der Waals surface area (Å²) in [5.74, 6) is -1.09. The van der Waals surface area contributed by atoms with Crippen molar-refractivity contribution in [3.8, 4) is 5.75 Å². The van der Waals surface area contributed by atoms with Gasteiger partial charge in [0.15, 0.2) is 11.6 Å². The van der Waals surface area contributed by atoms with Crippen LogP contribution < -0.4 is 15.2 Å². The predicted molar refractivity (Wildman–Crippen MR) is 69.0 cm³/mol. The van der Waals surface area contributed by atoms with Gasteiger partial charge in [0.05, 0.1) is 17.9 Å². The Morgan fingerprint density at radius 3 is 2.70 bits per heavy atom. The predicted octanol–water partition coefficient (Wildman–Crippen LogP) is 0.521. The molecule has 6 nitrogen and oxygen atoms in total. The van der Waals surface area contributed by atoms with Crippen LogP contribution in [0.3, 0.4) is 0 Å². The first kappa shape index (κ1) is 14.7. The zero-order chi connectivity index (χ0) is 14.8. The second-order valence-electron chi connectivity index (χ2n) is 4.58. The topological polar surface area (TPSA) is 98.5 Å². The molecule has 0 atom stereocenters. The van der Waals surface area contributed by atoms with Crippen LogP contribution in [-0.4, -0.2) is 27.0 Å². The zero-order valence-corrected chi connectivity index (χ0v) is 11.5. The second-order valence-corrected chi connectivity index (χ2v) is 6.14. The maximum atomic E-state index is 13.6. The minimum atomic E-state index is -3.94. The van der Waals surface area contributed by atoms with Gasteiger partial charge < -0.3 is 10.1 Å². The summed E-state index contributed by atoms with van der Waals surface area (Å²) in [4.78, 5) is 11.0. The van der Waals surface area contributed by atoms with Crippen LogP contribution in [0.4, 0.5) is 4.39 Å². The summed E-state index contributed by atoms with van der Waals surface area (Å²) in [5, 5.41) is 7.65. The van der Waals surface area contributed by atoms with E-state index in [1.165, 1.54) is 6.07 Å². The molecule has 2 rings (SSSR count). The Balaban J connectivity index is 1.88. The van der Waals surface area contributed by atoms with Crippen LogP contribution in [0.1, 0.15) is 19.3 Å². The standard InChI is InChI=1S/C12H15FN2O4S/c13-10-7-9(20(14,17)18)3-4-11(10)19-6-5-12(16)15-8-1-2-8/h3-4,7-8H,1-2,5-6H2,(H,15,16)(H2,14,17,18). The highest BCUT2D eigenvalue weighted by molar-refractivity contribution is 7.89. The van der Waals surface area contributed by atoms with Crippen molar-refractivity contribution in [2.75, 3.05) is 6.61 Å². The summed E-state index contributed by atoms with van der Waals surface area (Å²) in [5.41, 5.74) is 0. The molecule has 1 amide bonds. The van der Waals surface area contributed by atoms with Crippen LogP contribution in [0.5, 0.6) is 5.75 Å². The zero-order valence-electron chi connectivity index (χ0n) is 10.6. The van der Waals surface area contributed by atoms with Gasteiger partial charge in [-0.1, -0.05) is 0 Å². The van der Waals surface area contributed by atoms with E-state index >= 15 is 0 Å². The van der Waals surface area contributed by atoms with Crippen molar-refractivity contribution in [1.29, 1.82) is 0 Å². The lowest BCUT2D eigenvalue weighted by atomic mass is 10.3. The van der Waals surface area contributed by atoms with Gasteiger partial charge in [-0.2, -0.15) is 0 Å². The number of sulfonamides is 1. The number of rotatable bonds is 6. The van der Waals surface area contributed by atoms with Crippen LogP contribution in [0.25, 0.3) is 0 Å². The number of nitrogens with two attached hydrogens (primary N) is 1. The Labute approximate surface area is 116 Å². The van der Waals surface area contributed by atoms with Crippen molar-refractivity contribution in [2.45, 2.75) is 30.2 Å². The van der Waals surface area contributed by atoms with Gasteiger partial charge in [-0.3, -0.25) is 4.79 Å². The number of benzene rings is 1. The quantitative estimate of drug-likeness (QED) is 0.800. The molecular weight excluding hydrogens is 287 g/mol. The highest BCUT2D eigenvalue weighted by Crippen LogP contribution is 2.21.